The molecule has 5 heterocycles. The summed E-state index contributed by atoms with van der Waals surface area (Å²) in [5, 5.41) is 19.6. The van der Waals surface area contributed by atoms with Crippen molar-refractivity contribution in [1.29, 1.82) is 0 Å². The van der Waals surface area contributed by atoms with Crippen molar-refractivity contribution in [3.8, 4) is 0 Å². The number of hydrogen-bond donors (Lipinski definition) is 4. The highest BCUT2D eigenvalue weighted by molar-refractivity contribution is 5.99. The second kappa shape index (κ2) is 13.1. The summed E-state index contributed by atoms with van der Waals surface area (Å²) < 4.78 is 5.41. The van der Waals surface area contributed by atoms with E-state index in [0.29, 0.717) is 41.3 Å². The minimum atomic E-state index is -1.12. The van der Waals surface area contributed by atoms with Gasteiger partial charge in [-0.05, 0) is 94.4 Å². The average molecular weight is 613 g/mol. The highest BCUT2D eigenvalue weighted by Crippen LogP contribution is 2.43. The molecule has 2 aromatic heterocycles. The SMILES string of the molecule is C=CCNC(=O)c1cnc(Nc2ccc(N3CCC4(CC3)CCN(C3COC3)CC4)cc2)nc1Nc1cccc(C(C)(C)O)n1. The van der Waals surface area contributed by atoms with Gasteiger partial charge in [0.1, 0.15) is 22.8 Å². The predicted octanol–water partition coefficient (Wildman–Crippen LogP) is 4.58. The van der Waals surface area contributed by atoms with Crippen molar-refractivity contribution in [2.45, 2.75) is 51.2 Å². The summed E-state index contributed by atoms with van der Waals surface area (Å²) in [5.74, 6) is 0.737. The van der Waals surface area contributed by atoms with Gasteiger partial charge in [-0.1, -0.05) is 12.1 Å². The highest BCUT2D eigenvalue weighted by atomic mass is 16.5. The lowest BCUT2D eigenvalue weighted by Gasteiger charge is -2.50. The van der Waals surface area contributed by atoms with Crippen LogP contribution in [0.2, 0.25) is 0 Å². The van der Waals surface area contributed by atoms with Crippen molar-refractivity contribution in [3.63, 3.8) is 0 Å². The standard InChI is InChI=1S/C34H44N8O3/c1-4-16-35-31(43)27-21-36-32(40-30(27)39-29-7-5-6-28(38-29)33(2,3)44)37-24-8-10-25(11-9-24)41-17-12-34(13-18-41)14-19-42(20-15-34)26-22-45-23-26/h4-11,21,26,44H,1,12-20,22-23H2,2-3H3,(H,35,43)(H2,36,37,38,39,40). The fourth-order valence-electron chi connectivity index (χ4n) is 6.35. The molecule has 45 heavy (non-hydrogen) atoms. The van der Waals surface area contributed by atoms with Gasteiger partial charge in [0, 0.05) is 37.2 Å². The number of hydrogen-bond acceptors (Lipinski definition) is 10. The van der Waals surface area contributed by atoms with Crippen molar-refractivity contribution in [3.05, 3.63) is 72.6 Å². The first kappa shape index (κ1) is 30.9. The van der Waals surface area contributed by atoms with Crippen LogP contribution in [0.3, 0.4) is 0 Å². The Morgan fingerprint density at radius 2 is 1.76 bits per heavy atom. The van der Waals surface area contributed by atoms with E-state index in [-0.39, 0.29) is 11.5 Å². The molecule has 0 saturated carbocycles. The highest BCUT2D eigenvalue weighted by Gasteiger charge is 2.40. The third-order valence-corrected chi connectivity index (χ3v) is 9.37. The number of benzene rings is 1. The van der Waals surface area contributed by atoms with Gasteiger partial charge in [0.05, 0.1) is 24.9 Å². The molecule has 3 saturated heterocycles. The number of carbonyl (C=O) groups is 1. The Kier molecular flexibility index (Phi) is 9.02. The van der Waals surface area contributed by atoms with Crippen LogP contribution in [0.15, 0.2) is 61.3 Å². The molecule has 0 atom stereocenters. The largest absolute Gasteiger partial charge is 0.384 e. The zero-order valence-electron chi connectivity index (χ0n) is 26.3. The van der Waals surface area contributed by atoms with Crippen LogP contribution in [0, 0.1) is 5.41 Å². The molecule has 1 amide bonds. The predicted molar refractivity (Wildman–Crippen MR) is 176 cm³/mol. The van der Waals surface area contributed by atoms with Gasteiger partial charge in [-0.3, -0.25) is 9.69 Å². The molecule has 6 rings (SSSR count). The third kappa shape index (κ3) is 7.27. The van der Waals surface area contributed by atoms with Gasteiger partial charge >= 0.3 is 0 Å². The molecule has 1 spiro atoms. The Morgan fingerprint density at radius 1 is 1.04 bits per heavy atom. The number of aromatic nitrogens is 3. The minimum Gasteiger partial charge on any atom is -0.384 e. The second-order valence-electron chi connectivity index (χ2n) is 12.9. The van der Waals surface area contributed by atoms with Crippen LogP contribution in [0.4, 0.5) is 29.0 Å². The van der Waals surface area contributed by atoms with Crippen LogP contribution in [-0.4, -0.2) is 82.8 Å². The van der Waals surface area contributed by atoms with Gasteiger partial charge in [0.15, 0.2) is 0 Å². The number of rotatable bonds is 10. The zero-order chi connectivity index (χ0) is 31.4. The fourth-order valence-corrected chi connectivity index (χ4v) is 6.35. The van der Waals surface area contributed by atoms with E-state index in [1.807, 2.05) is 12.1 Å². The Morgan fingerprint density at radius 3 is 2.40 bits per heavy atom. The van der Waals surface area contributed by atoms with E-state index in [2.05, 4.69) is 59.4 Å². The number of piperidine rings is 2. The van der Waals surface area contributed by atoms with Crippen LogP contribution < -0.4 is 20.9 Å². The van der Waals surface area contributed by atoms with Crippen molar-refractivity contribution in [1.82, 2.24) is 25.2 Å². The number of carbonyl (C=O) groups excluding carboxylic acids is 1. The normalized spacial score (nSPS) is 18.7. The van der Waals surface area contributed by atoms with E-state index in [4.69, 9.17) is 4.74 Å². The molecule has 3 aromatic rings. The Balaban J connectivity index is 1.11. The molecule has 0 radical (unpaired) electrons. The molecule has 3 fully saturated rings. The van der Waals surface area contributed by atoms with Crippen LogP contribution in [-0.2, 0) is 10.3 Å². The molecule has 4 N–H and O–H groups in total. The Labute approximate surface area is 265 Å². The summed E-state index contributed by atoms with van der Waals surface area (Å²) in [6, 6.07) is 14.3. The van der Waals surface area contributed by atoms with E-state index in [1.165, 1.54) is 50.7 Å². The van der Waals surface area contributed by atoms with E-state index >= 15 is 0 Å². The summed E-state index contributed by atoms with van der Waals surface area (Å²) in [6.45, 7) is 13.7. The molecule has 238 valence electrons. The number of nitrogens with one attached hydrogen (secondary N) is 3. The lowest BCUT2D eigenvalue weighted by molar-refractivity contribution is -0.0834. The first-order chi connectivity index (χ1) is 21.7. The lowest BCUT2D eigenvalue weighted by Crippen LogP contribution is -2.54. The molecular formula is C34H44N8O3. The molecule has 3 aliphatic rings. The summed E-state index contributed by atoms with van der Waals surface area (Å²) in [7, 11) is 0. The van der Waals surface area contributed by atoms with Crippen LogP contribution in [0.25, 0.3) is 0 Å². The van der Waals surface area contributed by atoms with Gasteiger partial charge < -0.3 is 30.7 Å². The smallest absolute Gasteiger partial charge is 0.256 e. The number of pyridine rings is 1. The van der Waals surface area contributed by atoms with Gasteiger partial charge in [0.2, 0.25) is 5.95 Å². The first-order valence-corrected chi connectivity index (χ1v) is 15.9. The third-order valence-electron chi connectivity index (χ3n) is 9.37. The van der Waals surface area contributed by atoms with Crippen molar-refractivity contribution in [2.24, 2.45) is 5.41 Å². The molecule has 11 heteroatoms. The second-order valence-corrected chi connectivity index (χ2v) is 12.9. The van der Waals surface area contributed by atoms with Gasteiger partial charge in [0.25, 0.3) is 5.91 Å². The monoisotopic (exact) mass is 612 g/mol. The number of nitrogens with zero attached hydrogens (tertiary/aromatic N) is 5. The zero-order valence-corrected chi connectivity index (χ0v) is 26.3. The van der Waals surface area contributed by atoms with Gasteiger partial charge in [-0.25, -0.2) is 9.97 Å². The lowest BCUT2D eigenvalue weighted by atomic mass is 9.71. The summed E-state index contributed by atoms with van der Waals surface area (Å²) >= 11 is 0. The van der Waals surface area contributed by atoms with Crippen molar-refractivity contribution < 1.29 is 14.6 Å². The van der Waals surface area contributed by atoms with E-state index in [9.17, 15) is 9.90 Å². The molecular weight excluding hydrogens is 568 g/mol. The van der Waals surface area contributed by atoms with E-state index in [0.717, 1.165) is 32.0 Å². The summed E-state index contributed by atoms with van der Waals surface area (Å²) in [5.41, 5.74) is 2.18. The van der Waals surface area contributed by atoms with E-state index in [1.54, 1.807) is 38.1 Å². The number of anilines is 5. The van der Waals surface area contributed by atoms with E-state index < -0.39 is 5.60 Å². The molecule has 3 aliphatic heterocycles. The van der Waals surface area contributed by atoms with Gasteiger partial charge in [-0.15, -0.1) is 6.58 Å². The number of amides is 1. The molecule has 11 nitrogen and oxygen atoms in total. The average Bonchev–Trinajstić information content (AvgIpc) is 3.01. The maximum absolute atomic E-state index is 12.9. The van der Waals surface area contributed by atoms with Crippen molar-refractivity contribution >= 4 is 34.9 Å². The Bertz CT molecular complexity index is 1480. The topological polar surface area (TPSA) is 128 Å². The molecule has 0 bridgehead atoms. The summed E-state index contributed by atoms with van der Waals surface area (Å²) in [6.07, 6.45) is 8.17. The number of likely N-dealkylation sites (tertiary alicyclic amines) is 1. The van der Waals surface area contributed by atoms with Crippen LogP contribution in [0.5, 0.6) is 0 Å². The first-order valence-electron chi connectivity index (χ1n) is 15.9. The number of aliphatic hydroxyl groups is 1. The molecule has 0 unspecified atom stereocenters. The van der Waals surface area contributed by atoms with Gasteiger partial charge in [-0.2, -0.15) is 4.98 Å². The van der Waals surface area contributed by atoms with Crippen LogP contribution >= 0.6 is 0 Å². The Hall–Kier alpha value is -4.06. The molecule has 1 aromatic carbocycles. The summed E-state index contributed by atoms with van der Waals surface area (Å²) in [4.78, 5) is 31.6. The van der Waals surface area contributed by atoms with Crippen LogP contribution in [0.1, 0.15) is 55.6 Å². The van der Waals surface area contributed by atoms with Crippen molar-refractivity contribution in [2.75, 3.05) is 61.5 Å². The fraction of sp³-hybridized carbons (Fsp3) is 0.471. The minimum absolute atomic E-state index is 0.263. The molecule has 0 aliphatic carbocycles. The number of ether oxygens (including phenoxy) is 1. The maximum Gasteiger partial charge on any atom is 0.256 e. The maximum atomic E-state index is 12.9. The quantitative estimate of drug-likeness (QED) is 0.242.